The first-order valence-corrected chi connectivity index (χ1v) is 11.2. The van der Waals surface area contributed by atoms with E-state index in [4.69, 9.17) is 9.84 Å². The van der Waals surface area contributed by atoms with Gasteiger partial charge in [-0.2, -0.15) is 5.12 Å². The fraction of sp³-hybridized carbons (Fsp3) is 0.107. The third-order valence-corrected chi connectivity index (χ3v) is 6.09. The Labute approximate surface area is 192 Å². The summed E-state index contributed by atoms with van der Waals surface area (Å²) in [4.78, 5) is 0. The highest BCUT2D eigenvalue weighted by molar-refractivity contribution is 6.10. The molecule has 2 heterocycles. The van der Waals surface area contributed by atoms with Crippen molar-refractivity contribution < 1.29 is 4.74 Å². The topological polar surface area (TPSA) is 33.0 Å². The molecular formula is C28H24N4O. The maximum atomic E-state index is 6.10. The number of aromatic nitrogens is 1. The van der Waals surface area contributed by atoms with Gasteiger partial charge in [0, 0.05) is 33.9 Å². The van der Waals surface area contributed by atoms with Gasteiger partial charge >= 0.3 is 0 Å². The molecule has 5 aromatic rings. The smallest absolute Gasteiger partial charge is 0.242 e. The Bertz CT molecular complexity index is 1420. The molecule has 1 aromatic heterocycles. The largest absolute Gasteiger partial charge is 0.451 e. The summed E-state index contributed by atoms with van der Waals surface area (Å²) >= 11 is 0. The molecule has 0 amide bonds. The maximum Gasteiger partial charge on any atom is 0.242 e. The van der Waals surface area contributed by atoms with E-state index in [0.717, 1.165) is 23.5 Å². The predicted molar refractivity (Wildman–Crippen MR) is 134 cm³/mol. The number of aryl methyl sites for hydroxylation is 1. The first kappa shape index (κ1) is 19.4. The van der Waals surface area contributed by atoms with E-state index in [0.29, 0.717) is 12.6 Å². The lowest BCUT2D eigenvalue weighted by molar-refractivity contribution is 0.170. The molecule has 0 spiro atoms. The van der Waals surface area contributed by atoms with E-state index >= 15 is 0 Å². The number of hydrazone groups is 1. The quantitative estimate of drug-likeness (QED) is 0.317. The summed E-state index contributed by atoms with van der Waals surface area (Å²) in [6, 6.07) is 35.5. The molecule has 5 nitrogen and oxygen atoms in total. The number of anilines is 2. The standard InChI is InChI=1S/C28H24N4O/c1-2-30-26-16-10-9-15-24(26)25-19-21(17-18-27(25)30)28-29-31(20-33-28)32(22-11-5-3-6-12-22)23-13-7-4-8-14-23/h3-19H,2,20H2,1H3. The Morgan fingerprint density at radius 1 is 0.758 bits per heavy atom. The first-order chi connectivity index (χ1) is 16.3. The second kappa shape index (κ2) is 8.02. The summed E-state index contributed by atoms with van der Waals surface area (Å²) in [5, 5.41) is 11.3. The molecule has 0 aliphatic carbocycles. The monoisotopic (exact) mass is 432 g/mol. The SMILES string of the molecule is CCn1c2ccccc2c2cc(C3=NN(N(c4ccccc4)c4ccccc4)CO3)ccc21. The van der Waals surface area contributed by atoms with E-state index in [1.807, 2.05) is 41.5 Å². The molecular weight excluding hydrogens is 408 g/mol. The summed E-state index contributed by atoms with van der Waals surface area (Å²) in [5.74, 6) is 0.627. The molecule has 33 heavy (non-hydrogen) atoms. The van der Waals surface area contributed by atoms with E-state index in [-0.39, 0.29) is 0 Å². The van der Waals surface area contributed by atoms with E-state index in [9.17, 15) is 0 Å². The van der Waals surface area contributed by atoms with Crippen molar-refractivity contribution in [3.05, 3.63) is 109 Å². The highest BCUT2D eigenvalue weighted by Gasteiger charge is 2.25. The van der Waals surface area contributed by atoms with Gasteiger partial charge in [0.25, 0.3) is 0 Å². The van der Waals surface area contributed by atoms with Gasteiger partial charge in [-0.3, -0.25) is 0 Å². The van der Waals surface area contributed by atoms with Gasteiger partial charge in [0.05, 0.1) is 11.4 Å². The van der Waals surface area contributed by atoms with Crippen molar-refractivity contribution in [2.45, 2.75) is 13.5 Å². The van der Waals surface area contributed by atoms with E-state index in [1.165, 1.54) is 21.8 Å². The Morgan fingerprint density at radius 2 is 1.39 bits per heavy atom. The minimum Gasteiger partial charge on any atom is -0.451 e. The van der Waals surface area contributed by atoms with Gasteiger partial charge in [-0.25, -0.2) is 5.01 Å². The molecule has 0 saturated carbocycles. The van der Waals surface area contributed by atoms with Crippen molar-refractivity contribution in [3.8, 4) is 0 Å². The van der Waals surface area contributed by atoms with Crippen LogP contribution in [0, 0.1) is 0 Å². The Morgan fingerprint density at radius 3 is 2.09 bits per heavy atom. The normalized spacial score (nSPS) is 13.4. The molecule has 1 aliphatic heterocycles. The van der Waals surface area contributed by atoms with Crippen molar-refractivity contribution >= 4 is 39.1 Å². The lowest BCUT2D eigenvalue weighted by Gasteiger charge is -2.30. The Kier molecular flexibility index (Phi) is 4.73. The lowest BCUT2D eigenvalue weighted by Crippen LogP contribution is -2.33. The summed E-state index contributed by atoms with van der Waals surface area (Å²) in [5.41, 5.74) is 5.51. The summed E-state index contributed by atoms with van der Waals surface area (Å²) in [6.45, 7) is 3.45. The van der Waals surface area contributed by atoms with Crippen LogP contribution < -0.4 is 5.01 Å². The van der Waals surface area contributed by atoms with Crippen LogP contribution >= 0.6 is 0 Å². The minimum atomic E-state index is 0.341. The molecule has 0 radical (unpaired) electrons. The van der Waals surface area contributed by atoms with Crippen molar-refractivity contribution in [2.24, 2.45) is 5.10 Å². The highest BCUT2D eigenvalue weighted by atomic mass is 16.5. The van der Waals surface area contributed by atoms with Crippen LogP contribution in [-0.2, 0) is 11.3 Å². The molecule has 0 saturated heterocycles. The number of hydrogen-bond donors (Lipinski definition) is 0. The van der Waals surface area contributed by atoms with Gasteiger partial charge in [-0.05, 0) is 55.5 Å². The van der Waals surface area contributed by atoms with Crippen molar-refractivity contribution in [3.63, 3.8) is 0 Å². The van der Waals surface area contributed by atoms with Crippen molar-refractivity contribution in [2.75, 3.05) is 11.7 Å². The van der Waals surface area contributed by atoms with Crippen LogP contribution in [0.5, 0.6) is 0 Å². The summed E-state index contributed by atoms with van der Waals surface area (Å²) in [7, 11) is 0. The molecule has 162 valence electrons. The Balaban J connectivity index is 1.42. The molecule has 1 aliphatic rings. The number of ether oxygens (including phenoxy) is 1. The van der Waals surface area contributed by atoms with Crippen LogP contribution in [0.3, 0.4) is 0 Å². The van der Waals surface area contributed by atoms with Gasteiger partial charge in [0.15, 0.2) is 6.73 Å². The van der Waals surface area contributed by atoms with Gasteiger partial charge in [-0.1, -0.05) is 54.6 Å². The van der Waals surface area contributed by atoms with Crippen molar-refractivity contribution in [1.29, 1.82) is 0 Å². The van der Waals surface area contributed by atoms with E-state index in [2.05, 4.69) is 83.2 Å². The fourth-order valence-corrected chi connectivity index (χ4v) is 4.61. The average Bonchev–Trinajstić information content (AvgIpc) is 3.48. The maximum absolute atomic E-state index is 6.10. The molecule has 0 atom stereocenters. The molecule has 0 N–H and O–H groups in total. The third kappa shape index (κ3) is 3.29. The van der Waals surface area contributed by atoms with E-state index in [1.54, 1.807) is 0 Å². The molecule has 0 fully saturated rings. The van der Waals surface area contributed by atoms with Crippen LogP contribution in [0.1, 0.15) is 12.5 Å². The number of para-hydroxylation sites is 3. The lowest BCUT2D eigenvalue weighted by atomic mass is 10.1. The summed E-state index contributed by atoms with van der Waals surface area (Å²) < 4.78 is 8.45. The molecule has 5 heteroatoms. The van der Waals surface area contributed by atoms with Crippen LogP contribution in [0.2, 0.25) is 0 Å². The van der Waals surface area contributed by atoms with Gasteiger partial charge < -0.3 is 9.30 Å². The number of hydrazine groups is 1. The molecule has 6 rings (SSSR count). The molecule has 4 aromatic carbocycles. The zero-order valence-corrected chi connectivity index (χ0v) is 18.4. The van der Waals surface area contributed by atoms with Gasteiger partial charge in [0.1, 0.15) is 0 Å². The number of rotatable bonds is 5. The molecule has 0 bridgehead atoms. The Hall–Kier alpha value is -4.25. The number of hydrogen-bond acceptors (Lipinski definition) is 4. The summed E-state index contributed by atoms with van der Waals surface area (Å²) in [6.07, 6.45) is 0. The third-order valence-electron chi connectivity index (χ3n) is 6.09. The fourth-order valence-electron chi connectivity index (χ4n) is 4.61. The second-order valence-electron chi connectivity index (χ2n) is 8.03. The minimum absolute atomic E-state index is 0.341. The van der Waals surface area contributed by atoms with Crippen LogP contribution in [0.15, 0.2) is 108 Å². The van der Waals surface area contributed by atoms with Crippen LogP contribution in [-0.4, -0.2) is 22.3 Å². The predicted octanol–water partition coefficient (Wildman–Crippen LogP) is 6.52. The zero-order valence-electron chi connectivity index (χ0n) is 18.4. The van der Waals surface area contributed by atoms with Crippen molar-refractivity contribution in [1.82, 2.24) is 9.69 Å². The van der Waals surface area contributed by atoms with Gasteiger partial charge in [0.2, 0.25) is 5.90 Å². The second-order valence-corrected chi connectivity index (χ2v) is 8.03. The van der Waals surface area contributed by atoms with Gasteiger partial charge in [-0.15, -0.1) is 5.10 Å². The number of nitrogens with zero attached hydrogens (tertiary/aromatic N) is 4. The van der Waals surface area contributed by atoms with Crippen LogP contribution in [0.25, 0.3) is 21.8 Å². The van der Waals surface area contributed by atoms with E-state index < -0.39 is 0 Å². The average molecular weight is 433 g/mol. The first-order valence-electron chi connectivity index (χ1n) is 11.2. The molecule has 0 unspecified atom stereocenters. The number of benzene rings is 4. The van der Waals surface area contributed by atoms with Crippen LogP contribution in [0.4, 0.5) is 11.4 Å². The number of fused-ring (bicyclic) bond motifs is 3. The highest BCUT2D eigenvalue weighted by Crippen LogP contribution is 2.32. The zero-order chi connectivity index (χ0) is 22.2.